The highest BCUT2D eigenvalue weighted by atomic mass is 16.4. The van der Waals surface area contributed by atoms with Crippen LogP contribution < -0.4 is 0 Å². The summed E-state index contributed by atoms with van der Waals surface area (Å²) in [5.41, 5.74) is 0. The average molecular weight is 294 g/mol. The number of rotatable bonds is 12. The lowest BCUT2D eigenvalue weighted by Gasteiger charge is -2.09. The molecule has 0 amide bonds. The van der Waals surface area contributed by atoms with Crippen LogP contribution in [-0.4, -0.2) is 11.1 Å². The fourth-order valence-corrected chi connectivity index (χ4v) is 2.66. The van der Waals surface area contributed by atoms with Gasteiger partial charge in [-0.2, -0.15) is 0 Å². The number of hydrogen-bond acceptors (Lipinski definition) is 2. The minimum Gasteiger partial charge on any atom is -0.481 e. The summed E-state index contributed by atoms with van der Waals surface area (Å²) in [4.78, 5) is 11.4. The zero-order valence-electron chi connectivity index (χ0n) is 13.6. The first-order chi connectivity index (χ1) is 10.2. The molecule has 0 bridgehead atoms. The quantitative estimate of drug-likeness (QED) is 0.515. The molecule has 0 fully saturated rings. The second-order valence-corrected chi connectivity index (χ2v) is 5.85. The molecular formula is C18H30O3. The Morgan fingerprint density at radius 2 is 1.71 bits per heavy atom. The maximum absolute atomic E-state index is 11.4. The molecule has 120 valence electrons. The Hall–Kier alpha value is -1.25. The van der Waals surface area contributed by atoms with Gasteiger partial charge in [0.05, 0.1) is 0 Å². The van der Waals surface area contributed by atoms with Gasteiger partial charge in [0.2, 0.25) is 0 Å². The Morgan fingerprint density at radius 1 is 1.05 bits per heavy atom. The summed E-state index contributed by atoms with van der Waals surface area (Å²) in [5.74, 6) is 0.278. The van der Waals surface area contributed by atoms with Gasteiger partial charge in [0.1, 0.15) is 17.4 Å². The van der Waals surface area contributed by atoms with Crippen LogP contribution in [0, 0.1) is 0 Å². The molecule has 0 saturated carbocycles. The van der Waals surface area contributed by atoms with Gasteiger partial charge in [-0.1, -0.05) is 58.8 Å². The molecule has 1 aromatic rings. The molecule has 21 heavy (non-hydrogen) atoms. The van der Waals surface area contributed by atoms with E-state index in [1.165, 1.54) is 32.1 Å². The summed E-state index contributed by atoms with van der Waals surface area (Å²) < 4.78 is 5.68. The summed E-state index contributed by atoms with van der Waals surface area (Å²) in [5, 5.41) is 9.38. The maximum atomic E-state index is 11.4. The fourth-order valence-electron chi connectivity index (χ4n) is 2.66. The molecule has 0 aliphatic heterocycles. The number of carboxylic acids is 1. The number of hydrogen-bond donors (Lipinski definition) is 1. The van der Waals surface area contributed by atoms with Crippen molar-refractivity contribution in [1.29, 1.82) is 0 Å². The van der Waals surface area contributed by atoms with Crippen molar-refractivity contribution in [3.05, 3.63) is 23.7 Å². The maximum Gasteiger partial charge on any atom is 0.314 e. The van der Waals surface area contributed by atoms with Gasteiger partial charge in [-0.15, -0.1) is 0 Å². The van der Waals surface area contributed by atoms with Crippen molar-refractivity contribution in [3.63, 3.8) is 0 Å². The van der Waals surface area contributed by atoms with E-state index < -0.39 is 11.9 Å². The number of aliphatic carboxylic acids is 1. The molecule has 1 unspecified atom stereocenters. The van der Waals surface area contributed by atoms with Gasteiger partial charge >= 0.3 is 5.97 Å². The minimum atomic E-state index is -0.765. The lowest BCUT2D eigenvalue weighted by atomic mass is 9.98. The zero-order valence-corrected chi connectivity index (χ0v) is 13.6. The monoisotopic (exact) mass is 294 g/mol. The third kappa shape index (κ3) is 6.83. The van der Waals surface area contributed by atoms with Crippen LogP contribution in [0.3, 0.4) is 0 Å². The van der Waals surface area contributed by atoms with Crippen LogP contribution in [0.25, 0.3) is 0 Å². The van der Waals surface area contributed by atoms with E-state index in [0.29, 0.717) is 12.2 Å². The van der Waals surface area contributed by atoms with Crippen molar-refractivity contribution in [2.45, 2.75) is 84.0 Å². The second kappa shape index (κ2) is 10.5. The van der Waals surface area contributed by atoms with E-state index in [9.17, 15) is 9.90 Å². The molecule has 0 spiro atoms. The van der Waals surface area contributed by atoms with Crippen molar-refractivity contribution < 1.29 is 14.3 Å². The Bertz CT molecular complexity index is 395. The third-order valence-electron chi connectivity index (χ3n) is 3.92. The van der Waals surface area contributed by atoms with Crippen LogP contribution in [0.2, 0.25) is 0 Å². The SMILES string of the molecule is CCCCCCCCCC(C(=O)O)c1ccc(CCC)o1. The Kier molecular flexibility index (Phi) is 8.88. The Balaban J connectivity index is 2.34. The minimum absolute atomic E-state index is 0.480. The topological polar surface area (TPSA) is 50.4 Å². The molecule has 3 nitrogen and oxygen atoms in total. The average Bonchev–Trinajstić information content (AvgIpc) is 2.90. The van der Waals surface area contributed by atoms with Gasteiger partial charge < -0.3 is 9.52 Å². The van der Waals surface area contributed by atoms with Gasteiger partial charge in [0.15, 0.2) is 0 Å². The molecular weight excluding hydrogens is 264 g/mol. The molecule has 0 saturated heterocycles. The summed E-state index contributed by atoms with van der Waals surface area (Å²) in [7, 11) is 0. The number of furan rings is 1. The van der Waals surface area contributed by atoms with E-state index in [1.807, 2.05) is 12.1 Å². The molecule has 0 radical (unpaired) electrons. The van der Waals surface area contributed by atoms with Gasteiger partial charge in [0, 0.05) is 6.42 Å². The van der Waals surface area contributed by atoms with Crippen LogP contribution in [0.1, 0.15) is 89.1 Å². The molecule has 1 heterocycles. The van der Waals surface area contributed by atoms with E-state index >= 15 is 0 Å². The highest BCUT2D eigenvalue weighted by Gasteiger charge is 2.22. The predicted octanol–water partition coefficient (Wildman–Crippen LogP) is 5.54. The normalized spacial score (nSPS) is 12.5. The van der Waals surface area contributed by atoms with Crippen molar-refractivity contribution in [1.82, 2.24) is 0 Å². The molecule has 1 aromatic heterocycles. The van der Waals surface area contributed by atoms with E-state index in [0.717, 1.165) is 31.4 Å². The molecule has 0 aromatic carbocycles. The number of carboxylic acid groups (broad SMARTS) is 1. The van der Waals surface area contributed by atoms with Crippen LogP contribution in [0.15, 0.2) is 16.5 Å². The Labute approximate surface area is 128 Å². The first kappa shape index (κ1) is 17.8. The van der Waals surface area contributed by atoms with Crippen LogP contribution in [-0.2, 0) is 11.2 Å². The first-order valence-corrected chi connectivity index (χ1v) is 8.50. The second-order valence-electron chi connectivity index (χ2n) is 5.85. The van der Waals surface area contributed by atoms with Gasteiger partial charge in [-0.05, 0) is 25.0 Å². The van der Waals surface area contributed by atoms with Crippen molar-refractivity contribution >= 4 is 5.97 Å². The van der Waals surface area contributed by atoms with Crippen molar-refractivity contribution in [2.75, 3.05) is 0 Å². The molecule has 3 heteroatoms. The molecule has 1 atom stereocenters. The number of unbranched alkanes of at least 4 members (excludes halogenated alkanes) is 6. The summed E-state index contributed by atoms with van der Waals surface area (Å²) in [6.45, 7) is 4.31. The predicted molar refractivity (Wildman–Crippen MR) is 85.7 cm³/mol. The molecule has 0 aliphatic carbocycles. The third-order valence-corrected chi connectivity index (χ3v) is 3.92. The van der Waals surface area contributed by atoms with Crippen LogP contribution in [0.4, 0.5) is 0 Å². The van der Waals surface area contributed by atoms with Crippen molar-refractivity contribution in [2.24, 2.45) is 0 Å². The molecule has 1 rings (SSSR count). The standard InChI is InChI=1S/C18H30O3/c1-3-5-6-7-8-9-10-12-16(18(19)20)17-14-13-15(21-17)11-4-2/h13-14,16H,3-12H2,1-2H3,(H,19,20). The van der Waals surface area contributed by atoms with Crippen LogP contribution in [0.5, 0.6) is 0 Å². The van der Waals surface area contributed by atoms with E-state index in [4.69, 9.17) is 4.42 Å². The highest BCUT2D eigenvalue weighted by molar-refractivity contribution is 5.75. The largest absolute Gasteiger partial charge is 0.481 e. The number of carbonyl (C=O) groups is 1. The summed E-state index contributed by atoms with van der Waals surface area (Å²) in [6.07, 6.45) is 11.0. The van der Waals surface area contributed by atoms with E-state index in [-0.39, 0.29) is 0 Å². The Morgan fingerprint density at radius 3 is 2.33 bits per heavy atom. The van der Waals surface area contributed by atoms with Gasteiger partial charge in [0.25, 0.3) is 0 Å². The van der Waals surface area contributed by atoms with E-state index in [1.54, 1.807) is 0 Å². The lowest BCUT2D eigenvalue weighted by Crippen LogP contribution is -2.10. The fraction of sp³-hybridized carbons (Fsp3) is 0.722. The molecule has 0 aliphatic rings. The summed E-state index contributed by atoms with van der Waals surface area (Å²) in [6, 6.07) is 3.75. The number of aryl methyl sites for hydroxylation is 1. The zero-order chi connectivity index (χ0) is 15.5. The highest BCUT2D eigenvalue weighted by Crippen LogP contribution is 2.25. The van der Waals surface area contributed by atoms with Gasteiger partial charge in [-0.25, -0.2) is 0 Å². The van der Waals surface area contributed by atoms with E-state index in [2.05, 4.69) is 13.8 Å². The molecule has 1 N–H and O–H groups in total. The smallest absolute Gasteiger partial charge is 0.314 e. The summed E-state index contributed by atoms with van der Waals surface area (Å²) >= 11 is 0. The lowest BCUT2D eigenvalue weighted by molar-refractivity contribution is -0.139. The van der Waals surface area contributed by atoms with Crippen molar-refractivity contribution in [3.8, 4) is 0 Å². The first-order valence-electron chi connectivity index (χ1n) is 8.50. The van der Waals surface area contributed by atoms with Gasteiger partial charge in [-0.3, -0.25) is 4.79 Å². The van der Waals surface area contributed by atoms with Crippen LogP contribution >= 0.6 is 0 Å².